The number of anilines is 1. The predicted molar refractivity (Wildman–Crippen MR) is 87.7 cm³/mol. The molecule has 2 unspecified atom stereocenters. The van der Waals surface area contributed by atoms with E-state index in [1.807, 2.05) is 0 Å². The SMILES string of the molecule is CC(C)CC1CN(CC2CCCO2)c2ccccc2CN1. The van der Waals surface area contributed by atoms with Crippen LogP contribution in [0.15, 0.2) is 24.3 Å². The number of hydrogen-bond acceptors (Lipinski definition) is 3. The summed E-state index contributed by atoms with van der Waals surface area (Å²) in [6.07, 6.45) is 4.07. The van der Waals surface area contributed by atoms with Crippen molar-refractivity contribution in [3.63, 3.8) is 0 Å². The lowest BCUT2D eigenvalue weighted by Crippen LogP contribution is -2.42. The Labute approximate surface area is 128 Å². The number of nitrogens with one attached hydrogen (secondary N) is 1. The standard InChI is InChI=1S/C18H28N2O/c1-14(2)10-16-12-20(13-17-7-5-9-21-17)18-8-4-3-6-15(18)11-19-16/h3-4,6,8,14,16-17,19H,5,7,9-13H2,1-2H3. The van der Waals surface area contributed by atoms with Gasteiger partial charge < -0.3 is 15.0 Å². The lowest BCUT2D eigenvalue weighted by Gasteiger charge is -2.30. The van der Waals surface area contributed by atoms with Gasteiger partial charge in [-0.1, -0.05) is 32.0 Å². The summed E-state index contributed by atoms with van der Waals surface area (Å²) in [5, 5.41) is 3.74. The second-order valence-corrected chi connectivity index (χ2v) is 6.88. The average Bonchev–Trinajstić information content (AvgIpc) is 2.90. The molecule has 1 fully saturated rings. The number of ether oxygens (including phenoxy) is 1. The van der Waals surface area contributed by atoms with Gasteiger partial charge in [0.25, 0.3) is 0 Å². The number of fused-ring (bicyclic) bond motifs is 1. The van der Waals surface area contributed by atoms with Gasteiger partial charge in [-0.3, -0.25) is 0 Å². The van der Waals surface area contributed by atoms with Crippen molar-refractivity contribution in [1.82, 2.24) is 5.32 Å². The minimum Gasteiger partial charge on any atom is -0.376 e. The average molecular weight is 288 g/mol. The summed E-state index contributed by atoms with van der Waals surface area (Å²) in [5.74, 6) is 0.730. The molecule has 21 heavy (non-hydrogen) atoms. The van der Waals surface area contributed by atoms with Crippen LogP contribution in [0.3, 0.4) is 0 Å². The van der Waals surface area contributed by atoms with Crippen LogP contribution in [0.4, 0.5) is 5.69 Å². The molecule has 3 rings (SSSR count). The zero-order valence-corrected chi connectivity index (χ0v) is 13.3. The molecule has 0 saturated carbocycles. The molecule has 2 aliphatic heterocycles. The number of para-hydroxylation sites is 1. The highest BCUT2D eigenvalue weighted by atomic mass is 16.5. The molecule has 0 spiro atoms. The molecule has 0 radical (unpaired) electrons. The maximum absolute atomic E-state index is 5.87. The van der Waals surface area contributed by atoms with Gasteiger partial charge in [0.05, 0.1) is 6.10 Å². The minimum absolute atomic E-state index is 0.413. The van der Waals surface area contributed by atoms with Crippen LogP contribution in [0.5, 0.6) is 0 Å². The van der Waals surface area contributed by atoms with Gasteiger partial charge in [-0.2, -0.15) is 0 Å². The van der Waals surface area contributed by atoms with Crippen LogP contribution in [0.2, 0.25) is 0 Å². The maximum atomic E-state index is 5.87. The van der Waals surface area contributed by atoms with Crippen LogP contribution in [0.1, 0.15) is 38.7 Å². The summed E-state index contributed by atoms with van der Waals surface area (Å²) in [7, 11) is 0. The molecule has 0 aromatic heterocycles. The molecule has 3 nitrogen and oxygen atoms in total. The van der Waals surface area contributed by atoms with Crippen LogP contribution < -0.4 is 10.2 Å². The first-order valence-corrected chi connectivity index (χ1v) is 8.40. The van der Waals surface area contributed by atoms with Crippen molar-refractivity contribution in [2.75, 3.05) is 24.6 Å². The van der Waals surface area contributed by atoms with Gasteiger partial charge >= 0.3 is 0 Å². The van der Waals surface area contributed by atoms with Gasteiger partial charge in [0.15, 0.2) is 0 Å². The zero-order valence-electron chi connectivity index (χ0n) is 13.3. The van der Waals surface area contributed by atoms with E-state index in [2.05, 4.69) is 48.3 Å². The van der Waals surface area contributed by atoms with Crippen LogP contribution >= 0.6 is 0 Å². The third-order valence-electron chi connectivity index (χ3n) is 4.56. The second-order valence-electron chi connectivity index (χ2n) is 6.88. The molecule has 1 aromatic rings. The largest absolute Gasteiger partial charge is 0.376 e. The van der Waals surface area contributed by atoms with Crippen molar-refractivity contribution < 1.29 is 4.74 Å². The molecule has 1 saturated heterocycles. The molecular weight excluding hydrogens is 260 g/mol. The lowest BCUT2D eigenvalue weighted by molar-refractivity contribution is 0.115. The highest BCUT2D eigenvalue weighted by Gasteiger charge is 2.25. The van der Waals surface area contributed by atoms with E-state index in [1.54, 1.807) is 0 Å². The summed E-state index contributed by atoms with van der Waals surface area (Å²) < 4.78 is 5.87. The molecule has 0 aliphatic carbocycles. The van der Waals surface area contributed by atoms with Gasteiger partial charge in [-0.05, 0) is 36.8 Å². The van der Waals surface area contributed by atoms with E-state index in [4.69, 9.17) is 4.74 Å². The molecule has 1 aromatic carbocycles. The Morgan fingerprint density at radius 3 is 2.95 bits per heavy atom. The summed E-state index contributed by atoms with van der Waals surface area (Å²) >= 11 is 0. The Bertz CT molecular complexity index is 454. The number of nitrogens with zero attached hydrogens (tertiary/aromatic N) is 1. The predicted octanol–water partition coefficient (Wildman–Crippen LogP) is 3.19. The first kappa shape index (κ1) is 14.9. The van der Waals surface area contributed by atoms with E-state index in [9.17, 15) is 0 Å². The van der Waals surface area contributed by atoms with E-state index in [-0.39, 0.29) is 0 Å². The number of rotatable bonds is 4. The fourth-order valence-electron chi connectivity index (χ4n) is 3.59. The smallest absolute Gasteiger partial charge is 0.0750 e. The van der Waals surface area contributed by atoms with E-state index in [1.165, 1.54) is 30.5 Å². The van der Waals surface area contributed by atoms with Crippen molar-refractivity contribution in [3.8, 4) is 0 Å². The quantitative estimate of drug-likeness (QED) is 0.921. The van der Waals surface area contributed by atoms with E-state index >= 15 is 0 Å². The molecule has 0 bridgehead atoms. The van der Waals surface area contributed by atoms with Crippen molar-refractivity contribution >= 4 is 5.69 Å². The third-order valence-corrected chi connectivity index (χ3v) is 4.56. The van der Waals surface area contributed by atoms with Crippen LogP contribution in [-0.4, -0.2) is 31.8 Å². The molecule has 2 aliphatic rings. The zero-order chi connectivity index (χ0) is 14.7. The summed E-state index contributed by atoms with van der Waals surface area (Å²) in [4.78, 5) is 2.55. The summed E-state index contributed by atoms with van der Waals surface area (Å²) in [5.41, 5.74) is 2.81. The first-order chi connectivity index (χ1) is 10.2. The molecule has 2 heterocycles. The summed E-state index contributed by atoms with van der Waals surface area (Å²) in [6, 6.07) is 9.39. The van der Waals surface area contributed by atoms with Gasteiger partial charge in [0.1, 0.15) is 0 Å². The van der Waals surface area contributed by atoms with E-state index < -0.39 is 0 Å². The monoisotopic (exact) mass is 288 g/mol. The van der Waals surface area contributed by atoms with Crippen LogP contribution in [-0.2, 0) is 11.3 Å². The van der Waals surface area contributed by atoms with Crippen LogP contribution in [0.25, 0.3) is 0 Å². The lowest BCUT2D eigenvalue weighted by atomic mass is 10.0. The molecular formula is C18H28N2O. The highest BCUT2D eigenvalue weighted by Crippen LogP contribution is 2.26. The van der Waals surface area contributed by atoms with E-state index in [0.717, 1.165) is 32.2 Å². The summed E-state index contributed by atoms with van der Waals surface area (Å²) in [6.45, 7) is 8.67. The topological polar surface area (TPSA) is 24.5 Å². The number of hydrogen-bond donors (Lipinski definition) is 1. The number of benzene rings is 1. The first-order valence-electron chi connectivity index (χ1n) is 8.40. The van der Waals surface area contributed by atoms with Crippen molar-refractivity contribution in [1.29, 1.82) is 0 Å². The fourth-order valence-corrected chi connectivity index (χ4v) is 3.59. The molecule has 116 valence electrons. The maximum Gasteiger partial charge on any atom is 0.0750 e. The van der Waals surface area contributed by atoms with Gasteiger partial charge in [0, 0.05) is 38.0 Å². The Morgan fingerprint density at radius 2 is 2.19 bits per heavy atom. The third kappa shape index (κ3) is 3.78. The van der Waals surface area contributed by atoms with Gasteiger partial charge in [-0.25, -0.2) is 0 Å². The van der Waals surface area contributed by atoms with Gasteiger partial charge in [-0.15, -0.1) is 0 Å². The Balaban J connectivity index is 1.77. The molecule has 2 atom stereocenters. The van der Waals surface area contributed by atoms with Gasteiger partial charge in [0.2, 0.25) is 0 Å². The Morgan fingerprint density at radius 1 is 1.33 bits per heavy atom. The molecule has 0 amide bonds. The highest BCUT2D eigenvalue weighted by molar-refractivity contribution is 5.54. The molecule has 1 N–H and O–H groups in total. The van der Waals surface area contributed by atoms with Crippen molar-refractivity contribution in [3.05, 3.63) is 29.8 Å². The normalized spacial score (nSPS) is 26.0. The second kappa shape index (κ2) is 6.80. The van der Waals surface area contributed by atoms with Crippen molar-refractivity contribution in [2.45, 2.75) is 51.8 Å². The van der Waals surface area contributed by atoms with Crippen molar-refractivity contribution in [2.24, 2.45) is 5.92 Å². The van der Waals surface area contributed by atoms with Crippen LogP contribution in [0, 0.1) is 5.92 Å². The minimum atomic E-state index is 0.413. The fraction of sp³-hybridized carbons (Fsp3) is 0.667. The Hall–Kier alpha value is -1.06. The molecule has 3 heteroatoms. The Kier molecular flexibility index (Phi) is 4.81. The van der Waals surface area contributed by atoms with E-state index in [0.29, 0.717) is 12.1 Å².